The van der Waals surface area contributed by atoms with Gasteiger partial charge >= 0.3 is 0 Å². The first kappa shape index (κ1) is 113. The lowest BCUT2D eigenvalue weighted by molar-refractivity contribution is -0.125. The maximum absolute atomic E-state index is 13.8. The molecule has 3 aliphatic heterocycles. The van der Waals surface area contributed by atoms with Crippen LogP contribution in [0, 0.1) is 34.6 Å². The van der Waals surface area contributed by atoms with Gasteiger partial charge in [0, 0.05) is 128 Å². The summed E-state index contributed by atoms with van der Waals surface area (Å²) < 4.78 is 115. The van der Waals surface area contributed by atoms with E-state index < -0.39 is 35.2 Å². The molecular weight excluding hydrogens is 1970 g/mol. The number of thiazole rings is 5. The SMILES string of the molecule is COc1cc(C=O)ccc1O.COc1cc(C=O)ccc1OCCc1scnc1C.COc1cc(CN(C2CCCCNC2=O)S(=O)(=O)c2ccc(Cl)cc2)ccc1OCCc1scnc1C.COc1cc(CNC2CCCCNC2=O)ccc1OCCc1scnc1C.Cc1ncsc1CCO.Cc1ncsc1CCOS(C)(=O)=O.NC1CCCCNC1=O.O=S(=O)(Cl)c1ccc(Cl)cc1. The van der Waals surface area contributed by atoms with E-state index in [1.54, 1.807) is 114 Å². The Morgan fingerprint density at radius 3 is 1.28 bits per heavy atom. The number of nitrogens with zero attached hydrogens (tertiary/aromatic N) is 6. The average Bonchev–Trinajstić information content (AvgIpc) is 1.10. The van der Waals surface area contributed by atoms with Gasteiger partial charge in [-0.2, -0.15) is 12.7 Å². The first-order valence-electron chi connectivity index (χ1n) is 43.0. The number of amides is 3. The van der Waals surface area contributed by atoms with Crippen molar-refractivity contribution in [1.82, 2.24) is 50.5 Å². The van der Waals surface area contributed by atoms with Crippen molar-refractivity contribution in [2.24, 2.45) is 5.73 Å². The van der Waals surface area contributed by atoms with Gasteiger partial charge in [0.05, 0.1) is 139 Å². The number of carbonyl (C=O) groups excluding carboxylic acids is 5. The lowest BCUT2D eigenvalue weighted by atomic mass is 10.1. The number of phenolic OH excluding ortho intramolecular Hbond substituents is 1. The molecule has 3 atom stereocenters. The number of aryl methyl sites for hydroxylation is 5. The monoisotopic (exact) mass is 2080 g/mol. The van der Waals surface area contributed by atoms with Crippen LogP contribution < -0.4 is 60.2 Å². The zero-order valence-corrected chi connectivity index (χ0v) is 85.9. The minimum atomic E-state index is -4.00. The minimum Gasteiger partial charge on any atom is -0.504 e. The van der Waals surface area contributed by atoms with Crippen molar-refractivity contribution in [2.75, 3.05) is 87.4 Å². The number of methoxy groups -OCH3 is 4. The number of nitrogens with two attached hydrogens (primary N) is 1. The molecular formula is C93H116Cl3N11O21S8. The van der Waals surface area contributed by atoms with E-state index in [4.69, 9.17) is 83.0 Å². The van der Waals surface area contributed by atoms with Gasteiger partial charge in [0.25, 0.3) is 19.2 Å². The van der Waals surface area contributed by atoms with Crippen molar-refractivity contribution in [3.8, 4) is 46.0 Å². The topological polar surface area (TPSA) is 444 Å². The van der Waals surface area contributed by atoms with Crippen molar-refractivity contribution in [1.29, 1.82) is 0 Å². The van der Waals surface area contributed by atoms with E-state index in [0.717, 1.165) is 147 Å². The fraction of sp³-hybridized carbons (Fsp3) is 0.398. The maximum Gasteiger partial charge on any atom is 0.264 e. The van der Waals surface area contributed by atoms with Crippen LogP contribution in [-0.2, 0) is 93.0 Å². The number of benzene rings is 6. The Bertz CT molecular complexity index is 5910. The highest BCUT2D eigenvalue weighted by molar-refractivity contribution is 8.13. The Labute approximate surface area is 829 Å². The summed E-state index contributed by atoms with van der Waals surface area (Å²) in [4.78, 5) is 83.5. The van der Waals surface area contributed by atoms with Gasteiger partial charge in [0.15, 0.2) is 46.0 Å². The summed E-state index contributed by atoms with van der Waals surface area (Å²) >= 11 is 19.5. The van der Waals surface area contributed by atoms with Crippen LogP contribution in [0.2, 0.25) is 10.0 Å². The summed E-state index contributed by atoms with van der Waals surface area (Å²) in [6.45, 7) is 14.6. The van der Waals surface area contributed by atoms with Crippen LogP contribution in [0.3, 0.4) is 0 Å². The molecule has 14 rings (SSSR count). The molecule has 3 saturated heterocycles. The molecule has 43 heteroatoms. The van der Waals surface area contributed by atoms with Gasteiger partial charge in [-0.3, -0.25) is 28.2 Å². The van der Waals surface area contributed by atoms with Crippen LogP contribution >= 0.6 is 90.6 Å². The number of aldehydes is 2. The Hall–Kier alpha value is -9.86. The van der Waals surface area contributed by atoms with Crippen LogP contribution in [-0.4, -0.2) is 200 Å². The summed E-state index contributed by atoms with van der Waals surface area (Å²) in [6, 6.07) is 31.2. The second kappa shape index (κ2) is 59.4. The molecule has 6 aromatic carbocycles. The molecule has 0 bridgehead atoms. The molecule has 3 aliphatic rings. The highest BCUT2D eigenvalue weighted by Crippen LogP contribution is 2.35. The molecule has 0 spiro atoms. The van der Waals surface area contributed by atoms with E-state index >= 15 is 0 Å². The van der Waals surface area contributed by atoms with E-state index in [9.17, 15) is 49.2 Å². The van der Waals surface area contributed by atoms with Crippen LogP contribution in [0.1, 0.15) is 142 Å². The third kappa shape index (κ3) is 39.2. The molecule has 136 heavy (non-hydrogen) atoms. The zero-order chi connectivity index (χ0) is 99.2. The number of hydrogen-bond donors (Lipinski definition) is 7. The van der Waals surface area contributed by atoms with Crippen LogP contribution in [0.25, 0.3) is 0 Å². The summed E-state index contributed by atoms with van der Waals surface area (Å²) in [5.41, 5.74) is 22.4. The standard InChI is InChI=1S/C26H30ClN3O5S2.C20H27N3O3S.C14H15NO3S.C8H8O3.C7H11NO3S2.C6H4Cl2O2S.C6H12N2O.C6H9NOS/c1-18-25(36-17-29-18)12-14-35-23-11-6-19(15-24(23)34-2)16-30(22-5-3-4-13-28-26(22)31)37(32,33)21-9-7-20(27)8-10-21;1-14-19(27-13-23-14)8-10-26-17-7-6-15(11-18(17)25-2)12-22-16-5-3-4-9-21-20(16)24;1-10-14(19-9-15-10)5-6-18-12-4-3-11(8-16)7-13(12)17-2;1-11-8-4-6(5-9)2-3-7(8)10;1-6-7(12-5-8-6)3-4-11-13(2,9)10;7-5-1-3-6(4-2-5)11(8,9)10;7-5-3-1-2-4-8-6(5)9;1-5-6(2-3-8)9-4-7-5/h6-11,15,17,22H,3-5,12-14,16H2,1-2H3,(H,28,31);6-7,11,13,16,22H,3-5,8-10,12H2,1-2H3,(H,21,24);3-4,7-9H,5-6H2,1-2H3;2-5,10H,1H3;5H,3-4H2,1-2H3;1-4H;5H,1-4,7H2,(H,8,9);4,8H,2-3H2,1H3. The summed E-state index contributed by atoms with van der Waals surface area (Å²) in [5.74, 6) is 3.89. The molecule has 0 saturated carbocycles. The van der Waals surface area contributed by atoms with Crippen LogP contribution in [0.15, 0.2) is 159 Å². The number of aromatic hydroxyl groups is 1. The van der Waals surface area contributed by atoms with Crippen molar-refractivity contribution < 1.29 is 96.8 Å². The molecule has 3 unspecified atom stereocenters. The van der Waals surface area contributed by atoms with Gasteiger partial charge < -0.3 is 70.4 Å². The molecule has 738 valence electrons. The van der Waals surface area contributed by atoms with E-state index in [1.165, 1.54) is 109 Å². The molecule has 0 radical (unpaired) electrons. The third-order valence-corrected chi connectivity index (χ3v) is 29.8. The van der Waals surface area contributed by atoms with Crippen molar-refractivity contribution in [2.45, 2.75) is 166 Å². The Balaban J connectivity index is 0.000000224. The van der Waals surface area contributed by atoms with Gasteiger partial charge in [-0.15, -0.1) is 56.7 Å². The molecule has 3 amide bonds. The maximum atomic E-state index is 13.8. The molecule has 8 N–H and O–H groups in total. The second-order valence-electron chi connectivity index (χ2n) is 30.2. The number of hydrogen-bond acceptors (Lipinski definition) is 33. The fourth-order valence-electron chi connectivity index (χ4n) is 12.9. The predicted molar refractivity (Wildman–Crippen MR) is 533 cm³/mol. The summed E-state index contributed by atoms with van der Waals surface area (Å²) in [5, 5.41) is 30.4. The number of sulfonamides is 1. The van der Waals surface area contributed by atoms with Crippen molar-refractivity contribution in [3.05, 3.63) is 234 Å². The number of rotatable bonds is 33. The number of aliphatic hydroxyl groups excluding tert-OH is 1. The predicted octanol–water partition coefficient (Wildman–Crippen LogP) is 15.4. The zero-order valence-electron chi connectivity index (χ0n) is 77.1. The van der Waals surface area contributed by atoms with Gasteiger partial charge in [-0.25, -0.2) is 41.8 Å². The molecule has 3 fully saturated rings. The lowest BCUT2D eigenvalue weighted by Crippen LogP contribution is -2.48. The lowest BCUT2D eigenvalue weighted by Gasteiger charge is -2.29. The largest absolute Gasteiger partial charge is 0.504 e. The molecule has 11 aromatic rings. The Morgan fingerprint density at radius 2 is 0.853 bits per heavy atom. The number of ether oxygens (including phenoxy) is 7. The number of phenols is 1. The van der Waals surface area contributed by atoms with Crippen molar-refractivity contribution >= 4 is 150 Å². The minimum absolute atomic E-state index is 0.000252. The first-order valence-corrected chi connectivity index (χ1v) is 53.7. The number of aromatic nitrogens is 5. The van der Waals surface area contributed by atoms with Crippen LogP contribution in [0.5, 0.6) is 46.0 Å². The molecule has 32 nitrogen and oxygen atoms in total. The summed E-state index contributed by atoms with van der Waals surface area (Å²) in [7, 11) is 0.307. The van der Waals surface area contributed by atoms with Crippen molar-refractivity contribution in [3.63, 3.8) is 0 Å². The van der Waals surface area contributed by atoms with E-state index in [0.29, 0.717) is 113 Å². The summed E-state index contributed by atoms with van der Waals surface area (Å²) in [6.07, 6.45) is 14.2. The number of nitrogens with one attached hydrogen (secondary N) is 4. The highest BCUT2D eigenvalue weighted by atomic mass is 35.7. The normalized spacial score (nSPS) is 14.7. The van der Waals surface area contributed by atoms with E-state index in [2.05, 4.69) is 50.4 Å². The molecule has 5 aromatic heterocycles. The molecule has 8 heterocycles. The fourth-order valence-corrected chi connectivity index (χ4v) is 19.7. The first-order chi connectivity index (χ1) is 65.1. The number of carbonyl (C=O) groups is 5. The van der Waals surface area contributed by atoms with Gasteiger partial charge in [-0.1, -0.05) is 35.3 Å². The Morgan fingerprint density at radius 1 is 0.471 bits per heavy atom. The Kier molecular flexibility index (Phi) is 49.4. The van der Waals surface area contributed by atoms with Gasteiger partial charge in [0.1, 0.15) is 18.6 Å². The quantitative estimate of drug-likeness (QED) is 0.0114. The molecule has 0 aliphatic carbocycles. The van der Waals surface area contributed by atoms with E-state index in [-0.39, 0.29) is 65.1 Å². The number of halogens is 3. The highest BCUT2D eigenvalue weighted by Gasteiger charge is 2.37. The van der Waals surface area contributed by atoms with Crippen LogP contribution in [0.4, 0.5) is 0 Å². The average molecular weight is 2090 g/mol. The van der Waals surface area contributed by atoms with Gasteiger partial charge in [-0.05, 0) is 213 Å². The second-order valence-corrected chi connectivity index (χ2v) is 41.9. The smallest absolute Gasteiger partial charge is 0.264 e. The third-order valence-electron chi connectivity index (χ3n) is 20.4. The number of aliphatic hydroxyl groups is 1. The van der Waals surface area contributed by atoms with E-state index in [1.807, 2.05) is 69.3 Å². The van der Waals surface area contributed by atoms with Gasteiger partial charge in [0.2, 0.25) is 27.7 Å².